The molecule has 3 aromatic rings. The Morgan fingerprint density at radius 2 is 2.12 bits per heavy atom. The lowest BCUT2D eigenvalue weighted by Gasteiger charge is -2.21. The minimum atomic E-state index is 0.150. The van der Waals surface area contributed by atoms with Crippen molar-refractivity contribution >= 4 is 33.2 Å². The van der Waals surface area contributed by atoms with Crippen LogP contribution in [0, 0.1) is 5.92 Å². The molecule has 7 heteroatoms. The molecule has 0 spiro atoms. The molecule has 0 atom stereocenters. The van der Waals surface area contributed by atoms with Gasteiger partial charge in [0.1, 0.15) is 5.78 Å². The first-order valence-corrected chi connectivity index (χ1v) is 9.68. The first kappa shape index (κ1) is 17.1. The third kappa shape index (κ3) is 3.59. The van der Waals surface area contributed by atoms with Gasteiger partial charge in [-0.15, -0.1) is 0 Å². The Balaban J connectivity index is 1.58. The molecule has 0 bridgehead atoms. The monoisotopic (exact) mass is 367 g/mol. The molecule has 1 aromatic carbocycles. The van der Waals surface area contributed by atoms with Gasteiger partial charge in [0.15, 0.2) is 5.13 Å². The highest BCUT2D eigenvalue weighted by Crippen LogP contribution is 2.30. The number of piperidine rings is 1. The molecule has 0 aliphatic carbocycles. The van der Waals surface area contributed by atoms with E-state index < -0.39 is 0 Å². The predicted octanol–water partition coefficient (Wildman–Crippen LogP) is 2.91. The number of fused-ring (bicyclic) bond motifs is 1. The van der Waals surface area contributed by atoms with Crippen molar-refractivity contribution in [2.75, 3.05) is 25.5 Å². The summed E-state index contributed by atoms with van der Waals surface area (Å²) in [5, 5.41) is 16.8. The van der Waals surface area contributed by atoms with E-state index in [1.165, 1.54) is 0 Å². The number of aromatic nitrogens is 3. The molecule has 26 heavy (non-hydrogen) atoms. The molecule has 1 aliphatic rings. The van der Waals surface area contributed by atoms with Gasteiger partial charge in [0, 0.05) is 24.5 Å². The minimum absolute atomic E-state index is 0.150. The molecule has 1 saturated heterocycles. The molecule has 2 N–H and O–H groups in total. The number of nitrogens with one attached hydrogen (secondary N) is 2. The van der Waals surface area contributed by atoms with Crippen LogP contribution in [0.15, 0.2) is 30.5 Å². The summed E-state index contributed by atoms with van der Waals surface area (Å²) in [5.74, 6) is 0.426. The van der Waals surface area contributed by atoms with Crippen LogP contribution in [0.2, 0.25) is 0 Å². The van der Waals surface area contributed by atoms with Crippen LogP contribution in [0.3, 0.4) is 0 Å². The first-order valence-electron chi connectivity index (χ1n) is 8.86. The number of thiazole rings is 1. The third-order valence-electron chi connectivity index (χ3n) is 4.79. The number of nitrogens with zero attached hydrogens (tertiary/aromatic N) is 3. The molecule has 0 saturated carbocycles. The van der Waals surface area contributed by atoms with E-state index in [1.807, 2.05) is 31.4 Å². The predicted molar refractivity (Wildman–Crippen MR) is 104 cm³/mol. The second kappa shape index (κ2) is 7.47. The molecule has 4 rings (SSSR count). The van der Waals surface area contributed by atoms with E-state index in [4.69, 9.17) is 0 Å². The summed E-state index contributed by atoms with van der Waals surface area (Å²) in [4.78, 5) is 17.9. The summed E-state index contributed by atoms with van der Waals surface area (Å²) in [6, 6.07) is 8.08. The molecule has 1 aliphatic heterocycles. The number of benzene rings is 1. The summed E-state index contributed by atoms with van der Waals surface area (Å²) >= 11 is 1.61. The largest absolute Gasteiger partial charge is 0.365 e. The maximum atomic E-state index is 12.5. The average molecular weight is 367 g/mol. The Labute approximate surface area is 156 Å². The Morgan fingerprint density at radius 3 is 2.88 bits per heavy atom. The second-order valence-electron chi connectivity index (χ2n) is 6.56. The van der Waals surface area contributed by atoms with Crippen molar-refractivity contribution in [1.82, 2.24) is 20.5 Å². The van der Waals surface area contributed by atoms with Gasteiger partial charge in [0.05, 0.1) is 22.5 Å². The van der Waals surface area contributed by atoms with E-state index >= 15 is 0 Å². The normalized spacial score (nSPS) is 15.3. The van der Waals surface area contributed by atoms with Gasteiger partial charge in [-0.25, -0.2) is 4.98 Å². The zero-order valence-electron chi connectivity index (χ0n) is 14.7. The maximum Gasteiger partial charge on any atom is 0.182 e. The first-order chi connectivity index (χ1) is 12.7. The van der Waals surface area contributed by atoms with E-state index in [9.17, 15) is 4.79 Å². The van der Waals surface area contributed by atoms with Crippen LogP contribution in [-0.4, -0.2) is 41.1 Å². The van der Waals surface area contributed by atoms with E-state index in [2.05, 4.69) is 31.9 Å². The van der Waals surface area contributed by atoms with Crippen molar-refractivity contribution in [2.24, 2.45) is 5.92 Å². The molecular weight excluding hydrogens is 346 g/mol. The van der Waals surface area contributed by atoms with Crippen molar-refractivity contribution < 1.29 is 4.79 Å². The number of carbonyl (C=O) groups is 1. The highest BCUT2D eigenvalue weighted by atomic mass is 32.1. The maximum absolute atomic E-state index is 12.5. The van der Waals surface area contributed by atoms with Gasteiger partial charge in [0.25, 0.3) is 0 Å². The topological polar surface area (TPSA) is 79.8 Å². The fourth-order valence-corrected chi connectivity index (χ4v) is 4.08. The van der Waals surface area contributed by atoms with Gasteiger partial charge < -0.3 is 10.6 Å². The highest BCUT2D eigenvalue weighted by Gasteiger charge is 2.21. The number of hydrogen-bond donors (Lipinski definition) is 2. The average Bonchev–Trinajstić information content (AvgIpc) is 3.17. The fraction of sp³-hybridized carbons (Fsp3) is 0.368. The SMILES string of the molecule is CNc1ncc(-c2ccc3nnc(CC(=O)C4CCNCC4)cc3c2)s1. The third-order valence-corrected chi connectivity index (χ3v) is 5.85. The number of carbonyl (C=O) groups excluding carboxylic acids is 1. The number of Topliss-reactive ketones (excluding diaryl/α,β-unsaturated/α-hetero) is 1. The molecule has 0 unspecified atom stereocenters. The molecule has 0 radical (unpaired) electrons. The Hall–Kier alpha value is -2.38. The standard InChI is InChI=1S/C19H21N5OS/c1-20-19-22-11-18(26-19)13-2-3-16-14(8-13)9-15(23-24-16)10-17(25)12-4-6-21-7-5-12/h2-3,8-9,11-12,21H,4-7,10H2,1H3,(H,20,22). The summed E-state index contributed by atoms with van der Waals surface area (Å²) in [5.41, 5.74) is 2.68. The van der Waals surface area contributed by atoms with Crippen LogP contribution in [-0.2, 0) is 11.2 Å². The molecule has 6 nitrogen and oxygen atoms in total. The lowest BCUT2D eigenvalue weighted by Crippen LogP contribution is -2.32. The summed E-state index contributed by atoms with van der Waals surface area (Å²) in [7, 11) is 1.87. The van der Waals surface area contributed by atoms with Crippen molar-refractivity contribution in [1.29, 1.82) is 0 Å². The molecule has 0 amide bonds. The van der Waals surface area contributed by atoms with E-state index in [-0.39, 0.29) is 11.7 Å². The Morgan fingerprint density at radius 1 is 1.27 bits per heavy atom. The Kier molecular flexibility index (Phi) is 4.90. The van der Waals surface area contributed by atoms with Crippen LogP contribution >= 0.6 is 11.3 Å². The zero-order chi connectivity index (χ0) is 17.9. The highest BCUT2D eigenvalue weighted by molar-refractivity contribution is 7.18. The van der Waals surface area contributed by atoms with Crippen molar-refractivity contribution in [3.8, 4) is 10.4 Å². The van der Waals surface area contributed by atoms with Crippen LogP contribution in [0.5, 0.6) is 0 Å². The lowest BCUT2D eigenvalue weighted by atomic mass is 9.91. The fourth-order valence-electron chi connectivity index (χ4n) is 3.32. The van der Waals surface area contributed by atoms with Gasteiger partial charge in [-0.3, -0.25) is 4.79 Å². The van der Waals surface area contributed by atoms with Crippen molar-refractivity contribution in [3.63, 3.8) is 0 Å². The van der Waals surface area contributed by atoms with Crippen molar-refractivity contribution in [2.45, 2.75) is 19.3 Å². The number of rotatable bonds is 5. The number of anilines is 1. The van der Waals surface area contributed by atoms with Gasteiger partial charge in [-0.2, -0.15) is 10.2 Å². The second-order valence-corrected chi connectivity index (χ2v) is 7.59. The van der Waals surface area contributed by atoms with E-state index in [1.54, 1.807) is 11.3 Å². The smallest absolute Gasteiger partial charge is 0.182 e. The Bertz CT molecular complexity index is 933. The zero-order valence-corrected chi connectivity index (χ0v) is 15.5. The molecule has 2 aromatic heterocycles. The van der Waals surface area contributed by atoms with Gasteiger partial charge in [-0.05, 0) is 49.7 Å². The number of ketones is 1. The van der Waals surface area contributed by atoms with Gasteiger partial charge in [-0.1, -0.05) is 17.4 Å². The molecule has 3 heterocycles. The van der Waals surface area contributed by atoms with Gasteiger partial charge >= 0.3 is 0 Å². The van der Waals surface area contributed by atoms with E-state index in [0.717, 1.165) is 58.1 Å². The summed E-state index contributed by atoms with van der Waals surface area (Å²) in [6.45, 7) is 1.85. The number of hydrogen-bond acceptors (Lipinski definition) is 7. The summed E-state index contributed by atoms with van der Waals surface area (Å²) in [6.07, 6.45) is 4.07. The van der Waals surface area contributed by atoms with Crippen LogP contribution in [0.25, 0.3) is 21.3 Å². The quantitative estimate of drug-likeness (QED) is 0.722. The minimum Gasteiger partial charge on any atom is -0.365 e. The van der Waals surface area contributed by atoms with Crippen LogP contribution in [0.4, 0.5) is 5.13 Å². The van der Waals surface area contributed by atoms with Crippen molar-refractivity contribution in [3.05, 3.63) is 36.2 Å². The lowest BCUT2D eigenvalue weighted by molar-refractivity contribution is -0.123. The van der Waals surface area contributed by atoms with E-state index in [0.29, 0.717) is 6.42 Å². The molecule has 1 fully saturated rings. The van der Waals surface area contributed by atoms with Crippen LogP contribution < -0.4 is 10.6 Å². The molecule has 134 valence electrons. The molecular formula is C19H21N5OS. The van der Waals surface area contributed by atoms with Crippen LogP contribution in [0.1, 0.15) is 18.5 Å². The van der Waals surface area contributed by atoms with Gasteiger partial charge in [0.2, 0.25) is 0 Å². The summed E-state index contributed by atoms with van der Waals surface area (Å²) < 4.78 is 0.